The lowest BCUT2D eigenvalue weighted by Gasteiger charge is -2.11. The molecule has 1 aromatic heterocycles. The van der Waals surface area contributed by atoms with Crippen LogP contribution in [-0.2, 0) is 6.54 Å². The molecule has 0 fully saturated rings. The lowest BCUT2D eigenvalue weighted by Crippen LogP contribution is -1.98. The first-order chi connectivity index (χ1) is 8.56. The standard InChI is InChI=1S/C14H18N2OS/c1-8-5-11(12(17-4)6-9(8)2)14-13(7-15)18-10(3)16-14/h5-6H,7,15H2,1-4H3. The number of nitrogens with two attached hydrogens (primary N) is 1. The Morgan fingerprint density at radius 1 is 1.22 bits per heavy atom. The van der Waals surface area contributed by atoms with Crippen LogP contribution in [0.4, 0.5) is 0 Å². The van der Waals surface area contributed by atoms with Crippen LogP contribution in [0.2, 0.25) is 0 Å². The van der Waals surface area contributed by atoms with Crippen molar-refractivity contribution in [3.8, 4) is 17.0 Å². The van der Waals surface area contributed by atoms with Gasteiger partial charge in [-0.05, 0) is 44.0 Å². The van der Waals surface area contributed by atoms with Gasteiger partial charge in [0, 0.05) is 17.0 Å². The van der Waals surface area contributed by atoms with Crippen LogP contribution in [-0.4, -0.2) is 12.1 Å². The third-order valence-corrected chi connectivity index (χ3v) is 4.05. The Morgan fingerprint density at radius 2 is 1.89 bits per heavy atom. The number of rotatable bonds is 3. The Hall–Kier alpha value is -1.39. The summed E-state index contributed by atoms with van der Waals surface area (Å²) in [4.78, 5) is 5.70. The van der Waals surface area contributed by atoms with Gasteiger partial charge in [0.15, 0.2) is 0 Å². The lowest BCUT2D eigenvalue weighted by molar-refractivity contribution is 0.416. The second-order valence-electron chi connectivity index (χ2n) is 4.35. The minimum Gasteiger partial charge on any atom is -0.496 e. The van der Waals surface area contributed by atoms with Crippen LogP contribution >= 0.6 is 11.3 Å². The molecule has 18 heavy (non-hydrogen) atoms. The van der Waals surface area contributed by atoms with Crippen LogP contribution in [0, 0.1) is 20.8 Å². The smallest absolute Gasteiger partial charge is 0.128 e. The molecular formula is C14H18N2OS. The number of thiazole rings is 1. The maximum atomic E-state index is 5.79. The average molecular weight is 262 g/mol. The van der Waals surface area contributed by atoms with Crippen LogP contribution in [0.25, 0.3) is 11.3 Å². The molecule has 0 bridgehead atoms. The van der Waals surface area contributed by atoms with E-state index < -0.39 is 0 Å². The molecular weight excluding hydrogens is 244 g/mol. The Labute approximate surface area is 112 Å². The van der Waals surface area contributed by atoms with Gasteiger partial charge in [-0.1, -0.05) is 0 Å². The van der Waals surface area contributed by atoms with Gasteiger partial charge in [-0.2, -0.15) is 0 Å². The van der Waals surface area contributed by atoms with E-state index in [1.165, 1.54) is 11.1 Å². The van der Waals surface area contributed by atoms with Crippen molar-refractivity contribution in [1.29, 1.82) is 0 Å². The molecule has 0 aliphatic carbocycles. The van der Waals surface area contributed by atoms with Crippen LogP contribution in [0.5, 0.6) is 5.75 Å². The Bertz CT molecular complexity index is 575. The van der Waals surface area contributed by atoms with Gasteiger partial charge in [0.25, 0.3) is 0 Å². The molecule has 1 aromatic carbocycles. The summed E-state index contributed by atoms with van der Waals surface area (Å²) in [5, 5.41) is 1.03. The fraction of sp³-hybridized carbons (Fsp3) is 0.357. The quantitative estimate of drug-likeness (QED) is 0.924. The molecule has 1 heterocycles. The minimum absolute atomic E-state index is 0.511. The van der Waals surface area contributed by atoms with Crippen LogP contribution in [0.15, 0.2) is 12.1 Å². The molecule has 0 aliphatic rings. The summed E-state index contributed by atoms with van der Waals surface area (Å²) in [5.74, 6) is 0.859. The van der Waals surface area contributed by atoms with E-state index in [2.05, 4.69) is 31.0 Å². The number of aryl methyl sites for hydroxylation is 3. The maximum absolute atomic E-state index is 5.79. The van der Waals surface area contributed by atoms with E-state index in [9.17, 15) is 0 Å². The van der Waals surface area contributed by atoms with Gasteiger partial charge < -0.3 is 10.5 Å². The highest BCUT2D eigenvalue weighted by Crippen LogP contribution is 2.36. The zero-order chi connectivity index (χ0) is 13.3. The molecule has 0 aliphatic heterocycles. The molecule has 0 radical (unpaired) electrons. The third kappa shape index (κ3) is 2.26. The fourth-order valence-corrected chi connectivity index (χ4v) is 2.79. The minimum atomic E-state index is 0.511. The number of aromatic nitrogens is 1. The molecule has 0 saturated heterocycles. The van der Waals surface area contributed by atoms with Crippen molar-refractivity contribution in [2.24, 2.45) is 5.73 Å². The zero-order valence-corrected chi connectivity index (χ0v) is 12.0. The van der Waals surface area contributed by atoms with E-state index in [0.717, 1.165) is 26.9 Å². The lowest BCUT2D eigenvalue weighted by atomic mass is 10.0. The highest BCUT2D eigenvalue weighted by Gasteiger charge is 2.15. The van der Waals surface area contributed by atoms with Crippen LogP contribution in [0.3, 0.4) is 0 Å². The Morgan fingerprint density at radius 3 is 2.50 bits per heavy atom. The molecule has 2 aromatic rings. The normalized spacial score (nSPS) is 10.7. The monoisotopic (exact) mass is 262 g/mol. The van der Waals surface area contributed by atoms with E-state index in [0.29, 0.717) is 6.54 Å². The highest BCUT2D eigenvalue weighted by atomic mass is 32.1. The first-order valence-corrected chi connectivity index (χ1v) is 6.70. The van der Waals surface area contributed by atoms with Gasteiger partial charge in [-0.3, -0.25) is 0 Å². The van der Waals surface area contributed by atoms with E-state index in [1.807, 2.05) is 6.92 Å². The molecule has 2 rings (SSSR count). The van der Waals surface area contributed by atoms with Gasteiger partial charge in [-0.25, -0.2) is 4.98 Å². The van der Waals surface area contributed by atoms with Crippen molar-refractivity contribution in [3.05, 3.63) is 33.1 Å². The Balaban J connectivity index is 2.65. The van der Waals surface area contributed by atoms with Crippen molar-refractivity contribution in [2.45, 2.75) is 27.3 Å². The molecule has 0 unspecified atom stereocenters. The molecule has 4 heteroatoms. The third-order valence-electron chi connectivity index (χ3n) is 3.06. The summed E-state index contributed by atoms with van der Waals surface area (Å²) < 4.78 is 5.47. The molecule has 2 N–H and O–H groups in total. The Kier molecular flexibility index (Phi) is 3.68. The number of hydrogen-bond donors (Lipinski definition) is 1. The first-order valence-electron chi connectivity index (χ1n) is 5.88. The number of methoxy groups -OCH3 is 1. The topological polar surface area (TPSA) is 48.1 Å². The molecule has 96 valence electrons. The van der Waals surface area contributed by atoms with E-state index in [1.54, 1.807) is 18.4 Å². The molecule has 3 nitrogen and oxygen atoms in total. The molecule has 0 amide bonds. The number of nitrogens with zero attached hydrogens (tertiary/aromatic N) is 1. The maximum Gasteiger partial charge on any atom is 0.128 e. The summed E-state index contributed by atoms with van der Waals surface area (Å²) in [6.45, 7) is 6.69. The van der Waals surface area contributed by atoms with E-state index >= 15 is 0 Å². The van der Waals surface area contributed by atoms with Crippen molar-refractivity contribution in [2.75, 3.05) is 7.11 Å². The van der Waals surface area contributed by atoms with Crippen molar-refractivity contribution in [1.82, 2.24) is 4.98 Å². The second kappa shape index (κ2) is 5.08. The molecule has 0 spiro atoms. The summed E-state index contributed by atoms with van der Waals surface area (Å²) in [6, 6.07) is 4.18. The summed E-state index contributed by atoms with van der Waals surface area (Å²) >= 11 is 1.65. The predicted molar refractivity (Wildman–Crippen MR) is 76.2 cm³/mol. The van der Waals surface area contributed by atoms with Gasteiger partial charge in [0.05, 0.1) is 17.8 Å². The summed E-state index contributed by atoms with van der Waals surface area (Å²) in [5.41, 5.74) is 10.2. The van der Waals surface area contributed by atoms with Gasteiger partial charge >= 0.3 is 0 Å². The fourth-order valence-electron chi connectivity index (χ4n) is 1.96. The van der Waals surface area contributed by atoms with Gasteiger partial charge in [-0.15, -0.1) is 11.3 Å². The van der Waals surface area contributed by atoms with E-state index in [4.69, 9.17) is 10.5 Å². The number of benzene rings is 1. The van der Waals surface area contributed by atoms with Crippen molar-refractivity contribution >= 4 is 11.3 Å². The average Bonchev–Trinajstić information content (AvgIpc) is 2.73. The first kappa shape index (κ1) is 13.1. The number of ether oxygens (including phenoxy) is 1. The summed E-state index contributed by atoms with van der Waals surface area (Å²) in [7, 11) is 1.69. The van der Waals surface area contributed by atoms with E-state index in [-0.39, 0.29) is 0 Å². The molecule has 0 atom stereocenters. The number of hydrogen-bond acceptors (Lipinski definition) is 4. The zero-order valence-electron chi connectivity index (χ0n) is 11.2. The molecule has 0 saturated carbocycles. The van der Waals surface area contributed by atoms with Gasteiger partial charge in [0.1, 0.15) is 5.75 Å². The SMILES string of the molecule is COc1cc(C)c(C)cc1-c1nc(C)sc1CN. The highest BCUT2D eigenvalue weighted by molar-refractivity contribution is 7.12. The summed E-state index contributed by atoms with van der Waals surface area (Å²) in [6.07, 6.45) is 0. The van der Waals surface area contributed by atoms with Gasteiger partial charge in [0.2, 0.25) is 0 Å². The van der Waals surface area contributed by atoms with Crippen molar-refractivity contribution in [3.63, 3.8) is 0 Å². The largest absolute Gasteiger partial charge is 0.496 e. The second-order valence-corrected chi connectivity index (χ2v) is 5.63. The van der Waals surface area contributed by atoms with Crippen LogP contribution in [0.1, 0.15) is 21.0 Å². The predicted octanol–water partition coefficient (Wildman–Crippen LogP) is 3.20. The van der Waals surface area contributed by atoms with Crippen LogP contribution < -0.4 is 10.5 Å². The van der Waals surface area contributed by atoms with Crippen molar-refractivity contribution < 1.29 is 4.74 Å².